The number of benzene rings is 1. The summed E-state index contributed by atoms with van der Waals surface area (Å²) in [4.78, 5) is 0.949. The fraction of sp³-hybridized carbons (Fsp3) is 0.0769. The Bertz CT molecular complexity index is 692. The van der Waals surface area contributed by atoms with Gasteiger partial charge >= 0.3 is 0 Å². The van der Waals surface area contributed by atoms with E-state index in [0.29, 0.717) is 23.7 Å². The molecule has 3 aromatic rings. The largest absolute Gasteiger partial charge is 0.437 e. The van der Waals surface area contributed by atoms with Crippen LogP contribution in [0.5, 0.6) is 11.6 Å². The summed E-state index contributed by atoms with van der Waals surface area (Å²) >= 11 is 1.31. The molecule has 0 aliphatic carbocycles. The molecule has 0 aliphatic heterocycles. The molecule has 6 nitrogen and oxygen atoms in total. The SMILES string of the molecule is C=CCc1snnc1Oc1ccc(-c2conn2)cc1. The first-order chi connectivity index (χ1) is 9.86. The Morgan fingerprint density at radius 1 is 1.25 bits per heavy atom. The van der Waals surface area contributed by atoms with Crippen molar-refractivity contribution >= 4 is 11.5 Å². The van der Waals surface area contributed by atoms with Crippen LogP contribution in [0.2, 0.25) is 0 Å². The normalized spacial score (nSPS) is 10.4. The van der Waals surface area contributed by atoms with E-state index < -0.39 is 0 Å². The van der Waals surface area contributed by atoms with Gasteiger partial charge in [0.15, 0.2) is 6.26 Å². The zero-order chi connectivity index (χ0) is 13.8. The first-order valence-corrected chi connectivity index (χ1v) is 6.61. The van der Waals surface area contributed by atoms with Gasteiger partial charge in [0.05, 0.1) is 4.88 Å². The van der Waals surface area contributed by atoms with E-state index in [0.717, 1.165) is 10.4 Å². The van der Waals surface area contributed by atoms with Gasteiger partial charge in [-0.3, -0.25) is 0 Å². The molecule has 0 bridgehead atoms. The summed E-state index contributed by atoms with van der Waals surface area (Å²) in [6.07, 6.45) is 3.97. The van der Waals surface area contributed by atoms with Crippen LogP contribution in [-0.2, 0) is 6.42 Å². The predicted octanol–water partition coefficient (Wildman–Crippen LogP) is 3.11. The molecular formula is C13H10N4O2S. The minimum Gasteiger partial charge on any atom is -0.437 e. The first-order valence-electron chi connectivity index (χ1n) is 5.84. The van der Waals surface area contributed by atoms with Crippen LogP contribution in [0.25, 0.3) is 11.3 Å². The van der Waals surface area contributed by atoms with E-state index in [-0.39, 0.29) is 0 Å². The number of hydrogen-bond donors (Lipinski definition) is 0. The fourth-order valence-corrected chi connectivity index (χ4v) is 2.20. The Kier molecular flexibility index (Phi) is 3.51. The molecule has 0 radical (unpaired) electrons. The van der Waals surface area contributed by atoms with Crippen LogP contribution in [0, 0.1) is 0 Å². The lowest BCUT2D eigenvalue weighted by Crippen LogP contribution is -1.88. The van der Waals surface area contributed by atoms with Crippen LogP contribution in [0.4, 0.5) is 0 Å². The maximum atomic E-state index is 5.70. The molecule has 0 aliphatic rings. The second-order valence-electron chi connectivity index (χ2n) is 3.91. The molecule has 1 aromatic carbocycles. The Hall–Kier alpha value is -2.54. The highest BCUT2D eigenvalue weighted by atomic mass is 32.1. The minimum atomic E-state index is 0.519. The molecule has 0 amide bonds. The second-order valence-corrected chi connectivity index (χ2v) is 4.75. The molecular weight excluding hydrogens is 276 g/mol. The van der Waals surface area contributed by atoms with E-state index in [1.54, 1.807) is 6.08 Å². The van der Waals surface area contributed by atoms with Gasteiger partial charge in [0.25, 0.3) is 5.88 Å². The van der Waals surface area contributed by atoms with Gasteiger partial charge in [-0.1, -0.05) is 15.7 Å². The van der Waals surface area contributed by atoms with Crippen molar-refractivity contribution < 1.29 is 9.26 Å². The topological polar surface area (TPSA) is 73.9 Å². The van der Waals surface area contributed by atoms with Crippen molar-refractivity contribution in [2.45, 2.75) is 6.42 Å². The molecule has 3 rings (SSSR count). The Morgan fingerprint density at radius 3 is 2.80 bits per heavy atom. The highest BCUT2D eigenvalue weighted by molar-refractivity contribution is 7.05. The van der Waals surface area contributed by atoms with Gasteiger partial charge in [-0.05, 0) is 35.8 Å². The minimum absolute atomic E-state index is 0.519. The monoisotopic (exact) mass is 286 g/mol. The summed E-state index contributed by atoms with van der Waals surface area (Å²) < 4.78 is 14.3. The first kappa shape index (κ1) is 12.5. The summed E-state index contributed by atoms with van der Waals surface area (Å²) in [6.45, 7) is 3.70. The van der Waals surface area contributed by atoms with Crippen molar-refractivity contribution in [2.24, 2.45) is 0 Å². The maximum absolute atomic E-state index is 5.70. The maximum Gasteiger partial charge on any atom is 0.255 e. The van der Waals surface area contributed by atoms with Crippen molar-refractivity contribution in [3.05, 3.63) is 48.1 Å². The predicted molar refractivity (Wildman–Crippen MR) is 73.6 cm³/mol. The molecule has 2 aromatic heterocycles. The lowest BCUT2D eigenvalue weighted by molar-refractivity contribution is 0.393. The number of allylic oxidation sites excluding steroid dienone is 1. The van der Waals surface area contributed by atoms with E-state index in [4.69, 9.17) is 9.26 Å². The Balaban J connectivity index is 1.78. The van der Waals surface area contributed by atoms with Crippen LogP contribution < -0.4 is 4.74 Å². The summed E-state index contributed by atoms with van der Waals surface area (Å²) in [5.41, 5.74) is 1.58. The number of rotatable bonds is 5. The van der Waals surface area contributed by atoms with Gasteiger partial charge in [-0.25, -0.2) is 0 Å². The zero-order valence-electron chi connectivity index (χ0n) is 10.4. The number of aromatic nitrogens is 4. The van der Waals surface area contributed by atoms with Gasteiger partial charge in [0.1, 0.15) is 11.4 Å². The van der Waals surface area contributed by atoms with E-state index in [1.807, 2.05) is 24.3 Å². The third-order valence-corrected chi connectivity index (χ3v) is 3.30. The third-order valence-electron chi connectivity index (χ3n) is 2.58. The van der Waals surface area contributed by atoms with Gasteiger partial charge in [0.2, 0.25) is 0 Å². The lowest BCUT2D eigenvalue weighted by atomic mass is 10.2. The smallest absolute Gasteiger partial charge is 0.255 e. The number of ether oxygens (including phenoxy) is 1. The van der Waals surface area contributed by atoms with Crippen LogP contribution in [0.3, 0.4) is 0 Å². The summed E-state index contributed by atoms with van der Waals surface area (Å²) in [6, 6.07) is 7.42. The van der Waals surface area contributed by atoms with Gasteiger partial charge < -0.3 is 9.26 Å². The van der Waals surface area contributed by atoms with Crippen LogP contribution >= 0.6 is 11.5 Å². The second kappa shape index (κ2) is 5.62. The highest BCUT2D eigenvalue weighted by Crippen LogP contribution is 2.27. The van der Waals surface area contributed by atoms with Crippen LogP contribution in [-0.4, -0.2) is 20.0 Å². The van der Waals surface area contributed by atoms with E-state index in [9.17, 15) is 0 Å². The average molecular weight is 286 g/mol. The lowest BCUT2D eigenvalue weighted by Gasteiger charge is -2.03. The number of hydrogen-bond acceptors (Lipinski definition) is 7. The summed E-state index contributed by atoms with van der Waals surface area (Å²) in [5, 5.41) is 11.2. The molecule has 100 valence electrons. The van der Waals surface area contributed by atoms with Crippen molar-refractivity contribution in [2.75, 3.05) is 0 Å². The molecule has 0 fully saturated rings. The standard InChI is InChI=1S/C13H10N4O2S/c1-2-3-12-13(15-17-20-12)19-10-6-4-9(5-7-10)11-8-18-16-14-11/h2,4-8H,1,3H2. The third kappa shape index (κ3) is 2.57. The van der Waals surface area contributed by atoms with Gasteiger partial charge in [-0.15, -0.1) is 11.7 Å². The van der Waals surface area contributed by atoms with Crippen molar-refractivity contribution in [1.29, 1.82) is 0 Å². The van der Waals surface area contributed by atoms with E-state index >= 15 is 0 Å². The zero-order valence-corrected chi connectivity index (χ0v) is 11.2. The fourth-order valence-electron chi connectivity index (χ4n) is 1.63. The van der Waals surface area contributed by atoms with Crippen LogP contribution in [0.15, 0.2) is 47.7 Å². The van der Waals surface area contributed by atoms with Crippen molar-refractivity contribution in [1.82, 2.24) is 20.0 Å². The quantitative estimate of drug-likeness (QED) is 0.671. The average Bonchev–Trinajstić information content (AvgIpc) is 3.13. The molecule has 0 unspecified atom stereocenters. The number of nitrogens with zero attached hydrogens (tertiary/aromatic N) is 4. The molecule has 0 saturated carbocycles. The van der Waals surface area contributed by atoms with E-state index in [2.05, 4.69) is 26.5 Å². The molecule has 0 saturated heterocycles. The molecule has 20 heavy (non-hydrogen) atoms. The van der Waals surface area contributed by atoms with Crippen molar-refractivity contribution in [3.63, 3.8) is 0 Å². The molecule has 7 heteroatoms. The Morgan fingerprint density at radius 2 is 2.10 bits per heavy atom. The van der Waals surface area contributed by atoms with Gasteiger partial charge in [0, 0.05) is 17.3 Å². The molecule has 0 atom stereocenters. The summed E-state index contributed by atoms with van der Waals surface area (Å²) in [5.74, 6) is 1.20. The van der Waals surface area contributed by atoms with Gasteiger partial charge in [-0.2, -0.15) is 0 Å². The molecule has 0 spiro atoms. The summed E-state index contributed by atoms with van der Waals surface area (Å²) in [7, 11) is 0. The highest BCUT2D eigenvalue weighted by Gasteiger charge is 2.09. The molecule has 0 N–H and O–H groups in total. The van der Waals surface area contributed by atoms with Crippen molar-refractivity contribution in [3.8, 4) is 22.9 Å². The Labute approximate surface area is 118 Å². The van der Waals surface area contributed by atoms with E-state index in [1.165, 1.54) is 17.8 Å². The molecule has 2 heterocycles. The van der Waals surface area contributed by atoms with Crippen LogP contribution in [0.1, 0.15) is 4.88 Å².